The molecule has 31 heavy (non-hydrogen) atoms. The van der Waals surface area contributed by atoms with E-state index < -0.39 is 36.4 Å². The molecule has 1 aromatic carbocycles. The summed E-state index contributed by atoms with van der Waals surface area (Å²) >= 11 is 1.55. The molecule has 2 heterocycles. The van der Waals surface area contributed by atoms with Crippen LogP contribution in [-0.4, -0.2) is 95.6 Å². The summed E-state index contributed by atoms with van der Waals surface area (Å²) in [4.78, 5) is 13.5. The van der Waals surface area contributed by atoms with Gasteiger partial charge in [0.15, 0.2) is 0 Å². The van der Waals surface area contributed by atoms with Crippen LogP contribution >= 0.6 is 11.8 Å². The van der Waals surface area contributed by atoms with Gasteiger partial charge < -0.3 is 20.7 Å². The molecule has 0 bridgehead atoms. The lowest BCUT2D eigenvalue weighted by atomic mass is 10.1. The summed E-state index contributed by atoms with van der Waals surface area (Å²) in [6.07, 6.45) is -1.44. The van der Waals surface area contributed by atoms with E-state index in [1.807, 2.05) is 36.6 Å². The van der Waals surface area contributed by atoms with Crippen LogP contribution in [0.5, 0.6) is 0 Å². The Balaban J connectivity index is 1.51. The Morgan fingerprint density at radius 3 is 2.71 bits per heavy atom. The Labute approximate surface area is 184 Å². The molecule has 5 N–H and O–H groups in total. The number of aromatic nitrogens is 4. The van der Waals surface area contributed by atoms with E-state index in [4.69, 9.17) is 10.5 Å². The number of aliphatic hydroxyl groups excluding tert-OH is 2. The monoisotopic (exact) mass is 452 g/mol. The van der Waals surface area contributed by atoms with Crippen LogP contribution in [0.1, 0.15) is 12.8 Å². The summed E-state index contributed by atoms with van der Waals surface area (Å²) < 4.78 is 5.69. The van der Waals surface area contributed by atoms with Gasteiger partial charge in [0.2, 0.25) is 5.82 Å². The number of benzene rings is 1. The fourth-order valence-electron chi connectivity index (χ4n) is 3.32. The first kappa shape index (κ1) is 23.6. The lowest BCUT2D eigenvalue weighted by Crippen LogP contribution is -2.47. The van der Waals surface area contributed by atoms with Gasteiger partial charge in [-0.25, -0.2) is 5.06 Å². The smallest absolute Gasteiger partial charge is 0.262 e. The van der Waals surface area contributed by atoms with Crippen molar-refractivity contribution in [3.05, 3.63) is 30.3 Å². The first-order valence-electron chi connectivity index (χ1n) is 10.00. The second-order valence-corrected chi connectivity index (χ2v) is 8.35. The molecule has 1 saturated heterocycles. The van der Waals surface area contributed by atoms with E-state index in [1.165, 1.54) is 4.80 Å². The predicted octanol–water partition coefficient (Wildman–Crippen LogP) is -0.482. The highest BCUT2D eigenvalue weighted by molar-refractivity contribution is 7.98. The van der Waals surface area contributed by atoms with Gasteiger partial charge in [0, 0.05) is 5.56 Å². The normalized spacial score (nSPS) is 24.3. The van der Waals surface area contributed by atoms with Gasteiger partial charge in [0.05, 0.1) is 25.2 Å². The second kappa shape index (κ2) is 11.0. The van der Waals surface area contributed by atoms with Crippen molar-refractivity contribution >= 4 is 17.7 Å². The number of hydrogen-bond donors (Lipinski definition) is 4. The van der Waals surface area contributed by atoms with Crippen molar-refractivity contribution in [2.24, 2.45) is 5.73 Å². The zero-order valence-corrected chi connectivity index (χ0v) is 18.0. The zero-order valence-electron chi connectivity index (χ0n) is 17.2. The molecule has 0 spiro atoms. The number of rotatable bonds is 10. The lowest BCUT2D eigenvalue weighted by Gasteiger charge is -2.23. The third-order valence-corrected chi connectivity index (χ3v) is 5.76. The van der Waals surface area contributed by atoms with Crippen molar-refractivity contribution < 1.29 is 25.0 Å². The Hall–Kier alpha value is -2.09. The van der Waals surface area contributed by atoms with Crippen molar-refractivity contribution in [3.63, 3.8) is 0 Å². The van der Waals surface area contributed by atoms with Crippen LogP contribution in [0.25, 0.3) is 11.4 Å². The Morgan fingerprint density at radius 1 is 1.29 bits per heavy atom. The molecule has 0 aliphatic carbocycles. The molecule has 170 valence electrons. The summed E-state index contributed by atoms with van der Waals surface area (Å²) in [7, 11) is 0. The maximum absolute atomic E-state index is 12.2. The quantitative estimate of drug-likeness (QED) is 0.274. The predicted molar refractivity (Wildman–Crippen MR) is 113 cm³/mol. The summed E-state index contributed by atoms with van der Waals surface area (Å²) in [5.74, 6) is 0.522. The number of ether oxygens (including phenoxy) is 1. The van der Waals surface area contributed by atoms with Crippen molar-refractivity contribution in [2.45, 2.75) is 49.8 Å². The van der Waals surface area contributed by atoms with Gasteiger partial charge in [-0.1, -0.05) is 30.3 Å². The van der Waals surface area contributed by atoms with Crippen LogP contribution in [0.15, 0.2) is 30.3 Å². The average Bonchev–Trinajstić information content (AvgIpc) is 3.36. The number of tetrazole rings is 1. The highest BCUT2D eigenvalue weighted by Crippen LogP contribution is 2.25. The van der Waals surface area contributed by atoms with Crippen molar-refractivity contribution in [3.8, 4) is 11.4 Å². The van der Waals surface area contributed by atoms with Crippen LogP contribution in [0.2, 0.25) is 0 Å². The van der Waals surface area contributed by atoms with Gasteiger partial charge in [-0.15, -0.1) is 10.2 Å². The molecular weight excluding hydrogens is 424 g/mol. The molecule has 1 amide bonds. The highest BCUT2D eigenvalue weighted by atomic mass is 32.2. The molecule has 1 aliphatic rings. The Kier molecular flexibility index (Phi) is 8.35. The van der Waals surface area contributed by atoms with Crippen molar-refractivity contribution in [1.82, 2.24) is 25.3 Å². The molecule has 0 saturated carbocycles. The molecule has 1 aliphatic heterocycles. The SMILES string of the molecule is CSCC[C@H](N)C(=O)N(O)C[C@H]1O[C@@H](CCn2nnc(-c3ccccc3)n2)[C@H](O)[C@@H]1O. The number of hydrogen-bond acceptors (Lipinski definition) is 10. The van der Waals surface area contributed by atoms with Gasteiger partial charge in [0.1, 0.15) is 18.3 Å². The van der Waals surface area contributed by atoms with Gasteiger partial charge in [0.25, 0.3) is 5.91 Å². The third-order valence-electron chi connectivity index (χ3n) is 5.12. The first-order chi connectivity index (χ1) is 14.9. The molecule has 0 radical (unpaired) electrons. The number of aliphatic hydroxyl groups is 2. The third kappa shape index (κ3) is 5.99. The minimum atomic E-state index is -1.25. The molecule has 5 atom stereocenters. The number of amides is 1. The average molecular weight is 453 g/mol. The van der Waals surface area contributed by atoms with Gasteiger partial charge in [-0.3, -0.25) is 10.0 Å². The van der Waals surface area contributed by atoms with Crippen LogP contribution < -0.4 is 5.73 Å². The largest absolute Gasteiger partial charge is 0.388 e. The van der Waals surface area contributed by atoms with E-state index in [9.17, 15) is 20.2 Å². The van der Waals surface area contributed by atoms with Crippen LogP contribution in [0.3, 0.4) is 0 Å². The standard InChI is InChI=1S/C19H28N6O5S/c1-31-10-8-13(20)19(28)24(29)11-15-17(27)16(26)14(30-15)7-9-25-22-18(21-23-25)12-5-3-2-4-6-12/h2-6,13-17,26-27,29H,7-11,20H2,1H3/t13-,14-,15+,16-,17+/m0/s1. The highest BCUT2D eigenvalue weighted by Gasteiger charge is 2.43. The fraction of sp³-hybridized carbons (Fsp3) is 0.579. The molecule has 1 aromatic heterocycles. The van der Waals surface area contributed by atoms with E-state index >= 15 is 0 Å². The summed E-state index contributed by atoms with van der Waals surface area (Å²) in [5.41, 5.74) is 6.62. The Bertz CT molecular complexity index is 840. The van der Waals surface area contributed by atoms with Crippen LogP contribution in [0, 0.1) is 0 Å². The number of carbonyl (C=O) groups is 1. The molecule has 1 fully saturated rings. The fourth-order valence-corrected chi connectivity index (χ4v) is 3.81. The molecule has 3 rings (SSSR count). The number of hydroxylamine groups is 2. The maximum atomic E-state index is 12.2. The van der Waals surface area contributed by atoms with Crippen molar-refractivity contribution in [1.29, 1.82) is 0 Å². The molecular formula is C19H28N6O5S. The van der Waals surface area contributed by atoms with Gasteiger partial charge >= 0.3 is 0 Å². The first-order valence-corrected chi connectivity index (χ1v) is 11.4. The summed E-state index contributed by atoms with van der Waals surface area (Å²) in [6.45, 7) is 0.0165. The van der Waals surface area contributed by atoms with E-state index in [-0.39, 0.29) is 6.54 Å². The minimum absolute atomic E-state index is 0.291. The van der Waals surface area contributed by atoms with E-state index in [0.29, 0.717) is 36.0 Å². The molecule has 2 aromatic rings. The number of nitrogens with zero attached hydrogens (tertiary/aromatic N) is 5. The number of carbonyl (C=O) groups excluding carboxylic acids is 1. The van der Waals surface area contributed by atoms with E-state index in [2.05, 4.69) is 15.4 Å². The van der Waals surface area contributed by atoms with Gasteiger partial charge in [-0.2, -0.15) is 16.6 Å². The summed E-state index contributed by atoms with van der Waals surface area (Å²) in [6, 6.07) is 8.57. The Morgan fingerprint density at radius 2 is 2.00 bits per heavy atom. The number of aryl methyl sites for hydroxylation is 1. The number of nitrogens with two attached hydrogens (primary N) is 1. The van der Waals surface area contributed by atoms with Gasteiger partial charge in [-0.05, 0) is 30.1 Å². The number of thioether (sulfide) groups is 1. The van der Waals surface area contributed by atoms with Crippen molar-refractivity contribution in [2.75, 3.05) is 18.6 Å². The maximum Gasteiger partial charge on any atom is 0.262 e. The van der Waals surface area contributed by atoms with Crippen LogP contribution in [0.4, 0.5) is 0 Å². The van der Waals surface area contributed by atoms with E-state index in [0.717, 1.165) is 5.56 Å². The molecule has 0 unspecified atom stereocenters. The lowest BCUT2D eigenvalue weighted by molar-refractivity contribution is -0.176. The topological polar surface area (TPSA) is 160 Å². The zero-order chi connectivity index (χ0) is 22.4. The van der Waals surface area contributed by atoms with Crippen LogP contribution in [-0.2, 0) is 16.1 Å². The van der Waals surface area contributed by atoms with E-state index in [1.54, 1.807) is 11.8 Å². The summed E-state index contributed by atoms with van der Waals surface area (Å²) in [5, 5.41) is 43.4. The molecule has 12 heteroatoms. The minimum Gasteiger partial charge on any atom is -0.388 e. The second-order valence-electron chi connectivity index (χ2n) is 7.37. The molecule has 11 nitrogen and oxygen atoms in total.